The number of rotatable bonds is 7. The summed E-state index contributed by atoms with van der Waals surface area (Å²) in [5.74, 6) is -0.0458. The zero-order valence-electron chi connectivity index (χ0n) is 25.3. The number of pyridine rings is 1. The van der Waals surface area contributed by atoms with Crippen molar-refractivity contribution in [3.63, 3.8) is 0 Å². The summed E-state index contributed by atoms with van der Waals surface area (Å²) < 4.78 is 2.36. The van der Waals surface area contributed by atoms with Gasteiger partial charge in [-0.15, -0.1) is 0 Å². The van der Waals surface area contributed by atoms with Crippen LogP contribution in [0.3, 0.4) is 0 Å². The molecule has 0 saturated carbocycles. The number of hydrogen-bond acceptors (Lipinski definition) is 3. The standard InChI is InChI=1S/C36H37N5OS/c1-22-19-23(2)34(24(3)20-22)41-25(4)21-29(26(41)5)35-33(31-14-8-9-17-37-31)39-36(43)40(35)18-16-32(42)38-30-15-10-12-27-11-6-7-13-28(27)30/h6-15,17,19-21,33,35H,16,18H2,1-5H3,(H,38,42)(H,39,43)/t33-,35-/m1/s1. The van der Waals surface area contributed by atoms with E-state index in [1.165, 1.54) is 27.9 Å². The molecule has 0 spiro atoms. The van der Waals surface area contributed by atoms with Crippen LogP contribution in [0.25, 0.3) is 16.5 Å². The molecule has 6 rings (SSSR count). The lowest BCUT2D eigenvalue weighted by Gasteiger charge is -2.28. The molecule has 2 atom stereocenters. The van der Waals surface area contributed by atoms with E-state index in [9.17, 15) is 4.79 Å². The van der Waals surface area contributed by atoms with E-state index in [1.807, 2.05) is 54.7 Å². The molecule has 1 saturated heterocycles. The van der Waals surface area contributed by atoms with Gasteiger partial charge < -0.3 is 20.1 Å². The third-order valence-corrected chi connectivity index (χ3v) is 8.84. The Morgan fingerprint density at radius 3 is 2.40 bits per heavy atom. The Morgan fingerprint density at radius 1 is 0.930 bits per heavy atom. The predicted molar refractivity (Wildman–Crippen MR) is 179 cm³/mol. The molecule has 2 N–H and O–H groups in total. The number of hydrogen-bond donors (Lipinski definition) is 2. The number of amides is 1. The number of carbonyl (C=O) groups is 1. The molecule has 0 radical (unpaired) electrons. The molecule has 3 aromatic carbocycles. The fourth-order valence-corrected chi connectivity index (χ4v) is 7.04. The summed E-state index contributed by atoms with van der Waals surface area (Å²) in [6.07, 6.45) is 2.12. The normalized spacial score (nSPS) is 16.5. The van der Waals surface area contributed by atoms with Crippen LogP contribution in [0.4, 0.5) is 5.69 Å². The second-order valence-electron chi connectivity index (χ2n) is 11.6. The first kappa shape index (κ1) is 28.6. The highest BCUT2D eigenvalue weighted by Crippen LogP contribution is 2.42. The summed E-state index contributed by atoms with van der Waals surface area (Å²) in [5, 5.41) is 9.44. The van der Waals surface area contributed by atoms with Gasteiger partial charge in [-0.05, 0) is 93.2 Å². The van der Waals surface area contributed by atoms with Gasteiger partial charge in [0.15, 0.2) is 5.11 Å². The molecule has 0 aliphatic carbocycles. The van der Waals surface area contributed by atoms with Gasteiger partial charge in [0.05, 0.1) is 23.5 Å². The fraction of sp³-hybridized carbons (Fsp3) is 0.250. The van der Waals surface area contributed by atoms with E-state index in [2.05, 4.69) is 85.1 Å². The maximum atomic E-state index is 13.3. The Labute approximate surface area is 258 Å². The molecule has 0 unspecified atom stereocenters. The smallest absolute Gasteiger partial charge is 0.226 e. The summed E-state index contributed by atoms with van der Waals surface area (Å²) >= 11 is 5.92. The molecule has 1 aliphatic heterocycles. The first-order valence-electron chi connectivity index (χ1n) is 14.8. The average molecular weight is 588 g/mol. The molecule has 43 heavy (non-hydrogen) atoms. The van der Waals surface area contributed by atoms with Crippen molar-refractivity contribution in [2.24, 2.45) is 0 Å². The van der Waals surface area contributed by atoms with Crippen molar-refractivity contribution >= 4 is 39.7 Å². The molecule has 6 nitrogen and oxygen atoms in total. The fourth-order valence-electron chi connectivity index (χ4n) is 6.71. The zero-order chi connectivity index (χ0) is 30.2. The van der Waals surface area contributed by atoms with E-state index in [4.69, 9.17) is 17.2 Å². The number of benzene rings is 3. The monoisotopic (exact) mass is 587 g/mol. The first-order chi connectivity index (χ1) is 20.7. The van der Waals surface area contributed by atoms with Crippen molar-refractivity contribution in [1.82, 2.24) is 19.8 Å². The number of nitrogens with one attached hydrogen (secondary N) is 2. The average Bonchev–Trinajstić information content (AvgIpc) is 3.46. The highest BCUT2D eigenvalue weighted by molar-refractivity contribution is 7.80. The molecular formula is C36H37N5OS. The number of thiocarbonyl (C=S) groups is 1. The van der Waals surface area contributed by atoms with Gasteiger partial charge in [-0.2, -0.15) is 0 Å². The molecule has 218 valence electrons. The zero-order valence-corrected chi connectivity index (χ0v) is 26.1. The van der Waals surface area contributed by atoms with Crippen molar-refractivity contribution in [3.05, 3.63) is 124 Å². The number of aromatic nitrogens is 2. The van der Waals surface area contributed by atoms with Crippen LogP contribution in [0, 0.1) is 34.6 Å². The number of anilines is 1. The van der Waals surface area contributed by atoms with Gasteiger partial charge >= 0.3 is 0 Å². The van der Waals surface area contributed by atoms with E-state index in [1.54, 1.807) is 0 Å². The Bertz CT molecular complexity index is 1820. The van der Waals surface area contributed by atoms with Gasteiger partial charge in [0, 0.05) is 41.6 Å². The Balaban J connectivity index is 1.34. The van der Waals surface area contributed by atoms with Crippen LogP contribution in [0.5, 0.6) is 0 Å². The van der Waals surface area contributed by atoms with Gasteiger partial charge in [0.25, 0.3) is 0 Å². The third kappa shape index (κ3) is 5.41. The lowest BCUT2D eigenvalue weighted by molar-refractivity contribution is -0.116. The second-order valence-corrected chi connectivity index (χ2v) is 11.9. The van der Waals surface area contributed by atoms with Crippen LogP contribution in [0.2, 0.25) is 0 Å². The van der Waals surface area contributed by atoms with Crippen LogP contribution >= 0.6 is 12.2 Å². The van der Waals surface area contributed by atoms with E-state index in [0.717, 1.165) is 33.5 Å². The van der Waals surface area contributed by atoms with Crippen LogP contribution in [-0.4, -0.2) is 32.0 Å². The van der Waals surface area contributed by atoms with Gasteiger partial charge in [-0.3, -0.25) is 9.78 Å². The number of aryl methyl sites for hydroxylation is 4. The van der Waals surface area contributed by atoms with Crippen LogP contribution < -0.4 is 10.6 Å². The molecule has 7 heteroatoms. The first-order valence-corrected chi connectivity index (χ1v) is 15.2. The highest BCUT2D eigenvalue weighted by atomic mass is 32.1. The van der Waals surface area contributed by atoms with E-state index < -0.39 is 0 Å². The van der Waals surface area contributed by atoms with E-state index in [0.29, 0.717) is 18.1 Å². The SMILES string of the molecule is Cc1cc(C)c(-n2c(C)cc([C@@H]3[C@@H](c4ccccn4)NC(=S)N3CCC(=O)Nc3cccc4ccccc34)c2C)c(C)c1. The van der Waals surface area contributed by atoms with Crippen molar-refractivity contribution in [2.45, 2.75) is 53.1 Å². The summed E-state index contributed by atoms with van der Waals surface area (Å²) in [6, 6.07) is 26.5. The topological polar surface area (TPSA) is 62.2 Å². The largest absolute Gasteiger partial charge is 0.352 e. The van der Waals surface area contributed by atoms with E-state index in [-0.39, 0.29) is 18.0 Å². The van der Waals surface area contributed by atoms with E-state index >= 15 is 0 Å². The third-order valence-electron chi connectivity index (χ3n) is 8.49. The minimum Gasteiger partial charge on any atom is -0.352 e. The van der Waals surface area contributed by atoms with Crippen LogP contribution in [-0.2, 0) is 4.79 Å². The van der Waals surface area contributed by atoms with Gasteiger partial charge in [-0.1, -0.05) is 60.2 Å². The molecule has 5 aromatic rings. The number of fused-ring (bicyclic) bond motifs is 1. The number of carbonyl (C=O) groups excluding carboxylic acids is 1. The maximum absolute atomic E-state index is 13.3. The van der Waals surface area contributed by atoms with Gasteiger partial charge in [-0.25, -0.2) is 0 Å². The Morgan fingerprint density at radius 2 is 1.65 bits per heavy atom. The molecule has 1 amide bonds. The summed E-state index contributed by atoms with van der Waals surface area (Å²) in [5.41, 5.74) is 10.2. The Hall–Kier alpha value is -4.49. The highest BCUT2D eigenvalue weighted by Gasteiger charge is 2.41. The molecular weight excluding hydrogens is 550 g/mol. The molecule has 2 aromatic heterocycles. The molecule has 0 bridgehead atoms. The van der Waals surface area contributed by atoms with Crippen LogP contribution in [0.15, 0.2) is 85.1 Å². The quantitative estimate of drug-likeness (QED) is 0.192. The molecule has 1 fully saturated rings. The lowest BCUT2D eigenvalue weighted by Crippen LogP contribution is -2.33. The number of nitrogens with zero attached hydrogens (tertiary/aromatic N) is 3. The van der Waals surface area contributed by atoms with Gasteiger partial charge in [0.1, 0.15) is 0 Å². The minimum atomic E-state index is -0.149. The minimum absolute atomic E-state index is 0.0458. The van der Waals surface area contributed by atoms with Crippen molar-refractivity contribution < 1.29 is 4.79 Å². The van der Waals surface area contributed by atoms with Crippen LogP contribution in [0.1, 0.15) is 57.8 Å². The van der Waals surface area contributed by atoms with Crippen molar-refractivity contribution in [3.8, 4) is 5.69 Å². The van der Waals surface area contributed by atoms with Crippen molar-refractivity contribution in [2.75, 3.05) is 11.9 Å². The maximum Gasteiger partial charge on any atom is 0.226 e. The molecule has 1 aliphatic rings. The summed E-state index contributed by atoms with van der Waals surface area (Å²) in [7, 11) is 0. The Kier molecular flexibility index (Phi) is 7.75. The predicted octanol–water partition coefficient (Wildman–Crippen LogP) is 7.57. The van der Waals surface area contributed by atoms with Crippen molar-refractivity contribution in [1.29, 1.82) is 0 Å². The molecule has 3 heterocycles. The van der Waals surface area contributed by atoms with Gasteiger partial charge in [0.2, 0.25) is 5.91 Å². The summed E-state index contributed by atoms with van der Waals surface area (Å²) in [6.45, 7) is 11.3. The summed E-state index contributed by atoms with van der Waals surface area (Å²) in [4.78, 5) is 20.2. The lowest BCUT2D eigenvalue weighted by atomic mass is 9.96. The second kappa shape index (κ2) is 11.7.